The van der Waals surface area contributed by atoms with Gasteiger partial charge in [-0.3, -0.25) is 9.97 Å². The Kier molecular flexibility index (Phi) is 13.2. The molecule has 10 nitrogen and oxygen atoms in total. The Morgan fingerprint density at radius 1 is 0.659 bits per heavy atom. The molecule has 0 N–H and O–H groups in total. The van der Waals surface area contributed by atoms with Crippen LogP contribution in [-0.4, -0.2) is 48.4 Å². The summed E-state index contributed by atoms with van der Waals surface area (Å²) in [5, 5.41) is 37.5. The van der Waals surface area contributed by atoms with Gasteiger partial charge in [-0.2, -0.15) is 20.4 Å². The molecule has 2 aromatic heterocycles. The Balaban J connectivity index is 0.000000280. The van der Waals surface area contributed by atoms with Gasteiger partial charge < -0.3 is 19.7 Å². The first-order valence-corrected chi connectivity index (χ1v) is 11.4. The van der Waals surface area contributed by atoms with Crippen molar-refractivity contribution in [1.82, 2.24) is 9.97 Å². The van der Waals surface area contributed by atoms with Crippen molar-refractivity contribution in [2.75, 3.05) is 14.2 Å². The van der Waals surface area contributed by atoms with E-state index in [9.17, 15) is 19.0 Å². The molecule has 4 aromatic rings. The van der Waals surface area contributed by atoms with E-state index in [4.69, 9.17) is 9.47 Å². The molecule has 2 heterocycles. The molecule has 0 spiro atoms. The molecule has 2 aromatic carbocycles. The molecule has 41 heavy (non-hydrogen) atoms. The number of benzene rings is 2. The molecule has 13 heteroatoms. The summed E-state index contributed by atoms with van der Waals surface area (Å²) >= 11 is 0. The SMILES string of the molecule is COc1ccc(C=NN=C([O-])c2ccncc2)cc1F.COc1ccc(C=NN=C([O-])c2ccncc2)cc1F.[Cu+2]. The van der Waals surface area contributed by atoms with Crippen molar-refractivity contribution < 1.29 is 45.5 Å². The number of ether oxygens (including phenoxy) is 2. The zero-order valence-electron chi connectivity index (χ0n) is 21.6. The molecule has 0 saturated heterocycles. The smallest absolute Gasteiger partial charge is 0.857 e. The van der Waals surface area contributed by atoms with Crippen LogP contribution in [-0.2, 0) is 17.1 Å². The number of pyridine rings is 2. The molecule has 0 atom stereocenters. The second-order valence-electron chi connectivity index (χ2n) is 7.56. The van der Waals surface area contributed by atoms with Gasteiger partial charge in [0.05, 0.1) is 26.6 Å². The minimum Gasteiger partial charge on any atom is -0.857 e. The molecular weight excluding hydrogens is 586 g/mol. The van der Waals surface area contributed by atoms with E-state index in [1.165, 1.54) is 100.0 Å². The third-order valence-corrected chi connectivity index (χ3v) is 4.92. The van der Waals surface area contributed by atoms with E-state index >= 15 is 0 Å². The van der Waals surface area contributed by atoms with Crippen LogP contribution >= 0.6 is 0 Å². The van der Waals surface area contributed by atoms with E-state index in [-0.39, 0.29) is 28.6 Å². The molecule has 0 aliphatic carbocycles. The van der Waals surface area contributed by atoms with E-state index in [1.54, 1.807) is 12.1 Å². The van der Waals surface area contributed by atoms with Crippen LogP contribution in [0.2, 0.25) is 0 Å². The standard InChI is InChI=1S/2C14H12FN3O2.Cu/c2*1-20-13-3-2-10(8-12(13)15)9-17-18-14(19)11-4-6-16-7-5-11;/h2*2-9H,1H3,(H,18,19);/q;;+2/p-2. The molecule has 0 fully saturated rings. The van der Waals surface area contributed by atoms with Crippen molar-refractivity contribution in [3.05, 3.63) is 119 Å². The van der Waals surface area contributed by atoms with E-state index in [2.05, 4.69) is 30.4 Å². The van der Waals surface area contributed by atoms with Crippen molar-refractivity contribution in [3.8, 4) is 11.5 Å². The normalized spacial score (nSPS) is 11.5. The second kappa shape index (κ2) is 16.9. The topological polar surface area (TPSA) is 140 Å². The number of methoxy groups -OCH3 is 2. The van der Waals surface area contributed by atoms with Crippen molar-refractivity contribution in [1.29, 1.82) is 0 Å². The van der Waals surface area contributed by atoms with Crippen LogP contribution in [0, 0.1) is 11.6 Å². The molecule has 0 aliphatic heterocycles. The Hall–Kier alpha value is -5.00. The summed E-state index contributed by atoms with van der Waals surface area (Å²) < 4.78 is 36.4. The molecule has 0 bridgehead atoms. The number of hydrogen-bond acceptors (Lipinski definition) is 10. The molecule has 0 unspecified atom stereocenters. The first kappa shape index (κ1) is 32.2. The molecule has 1 radical (unpaired) electrons. The van der Waals surface area contributed by atoms with Gasteiger partial charge in [0.1, 0.15) is 0 Å². The maximum Gasteiger partial charge on any atom is 2.00 e. The monoisotopic (exact) mass is 607 g/mol. The Bertz CT molecular complexity index is 1410. The molecule has 0 saturated carbocycles. The van der Waals surface area contributed by atoms with Crippen LogP contribution in [0.5, 0.6) is 11.5 Å². The fraction of sp³-hybridized carbons (Fsp3) is 0.0714. The Morgan fingerprint density at radius 2 is 1.02 bits per heavy atom. The van der Waals surface area contributed by atoms with Crippen molar-refractivity contribution in [2.24, 2.45) is 20.4 Å². The van der Waals surface area contributed by atoms with Crippen LogP contribution in [0.1, 0.15) is 22.3 Å². The van der Waals surface area contributed by atoms with Gasteiger partial charge in [0.2, 0.25) is 0 Å². The van der Waals surface area contributed by atoms with E-state index in [1.807, 2.05) is 0 Å². The minimum atomic E-state index is -0.503. The summed E-state index contributed by atoms with van der Waals surface area (Å²) in [6.45, 7) is 0. The Morgan fingerprint density at radius 3 is 1.34 bits per heavy atom. The van der Waals surface area contributed by atoms with Crippen LogP contribution < -0.4 is 19.7 Å². The second-order valence-corrected chi connectivity index (χ2v) is 7.56. The molecule has 213 valence electrons. The molecule has 4 rings (SSSR count). The number of hydrogen-bond donors (Lipinski definition) is 0. The summed E-state index contributed by atoms with van der Waals surface area (Å²) in [6.07, 6.45) is 8.55. The van der Waals surface area contributed by atoms with Crippen molar-refractivity contribution >= 4 is 24.2 Å². The fourth-order valence-electron chi connectivity index (χ4n) is 2.93. The van der Waals surface area contributed by atoms with Crippen LogP contribution in [0.3, 0.4) is 0 Å². The van der Waals surface area contributed by atoms with Crippen LogP contribution in [0.25, 0.3) is 0 Å². The van der Waals surface area contributed by atoms with Gasteiger partial charge in [-0.15, -0.1) is 0 Å². The maximum absolute atomic E-state index is 13.4. The van der Waals surface area contributed by atoms with Gasteiger partial charge in [0.25, 0.3) is 0 Å². The summed E-state index contributed by atoms with van der Waals surface area (Å²) in [5.41, 5.74) is 1.74. The number of halogens is 2. The van der Waals surface area contributed by atoms with Crippen LogP contribution in [0.15, 0.2) is 106 Å². The number of aromatic nitrogens is 2. The number of nitrogens with zero attached hydrogens (tertiary/aromatic N) is 6. The maximum atomic E-state index is 13.4. The zero-order chi connectivity index (χ0) is 28.7. The van der Waals surface area contributed by atoms with E-state index in [0.29, 0.717) is 22.3 Å². The third-order valence-electron chi connectivity index (χ3n) is 4.92. The average Bonchev–Trinajstić information content (AvgIpc) is 2.98. The average molecular weight is 608 g/mol. The minimum absolute atomic E-state index is 0. The summed E-state index contributed by atoms with van der Waals surface area (Å²) in [7, 11) is 2.77. The van der Waals surface area contributed by atoms with Crippen molar-refractivity contribution in [3.63, 3.8) is 0 Å². The Labute approximate surface area is 245 Å². The molecule has 0 aliphatic rings. The van der Waals surface area contributed by atoms with Gasteiger partial charge in [-0.1, -0.05) is 0 Å². The summed E-state index contributed by atoms with van der Waals surface area (Å²) in [6, 6.07) is 14.8. The largest absolute Gasteiger partial charge is 2.00 e. The van der Waals surface area contributed by atoms with Gasteiger partial charge >= 0.3 is 17.1 Å². The zero-order valence-corrected chi connectivity index (χ0v) is 22.6. The summed E-state index contributed by atoms with van der Waals surface area (Å²) in [5.74, 6) is -1.69. The predicted molar refractivity (Wildman–Crippen MR) is 143 cm³/mol. The van der Waals surface area contributed by atoms with Gasteiger partial charge in [-0.25, -0.2) is 8.78 Å². The first-order chi connectivity index (χ1) is 19.4. The predicted octanol–water partition coefficient (Wildman–Crippen LogP) is 2.74. The van der Waals surface area contributed by atoms with Gasteiger partial charge in [0, 0.05) is 36.6 Å². The van der Waals surface area contributed by atoms with Gasteiger partial charge in [-0.05, 0) is 82.9 Å². The van der Waals surface area contributed by atoms with Crippen molar-refractivity contribution in [2.45, 2.75) is 0 Å². The molecular formula is C28H22CuF2N6O4. The quantitative estimate of drug-likeness (QED) is 0.131. The van der Waals surface area contributed by atoms with E-state index in [0.717, 1.165) is 0 Å². The first-order valence-electron chi connectivity index (χ1n) is 11.4. The van der Waals surface area contributed by atoms with Gasteiger partial charge in [0.15, 0.2) is 23.1 Å². The third kappa shape index (κ3) is 10.2. The summed E-state index contributed by atoms with van der Waals surface area (Å²) in [4.78, 5) is 7.59. The van der Waals surface area contributed by atoms with E-state index < -0.39 is 23.4 Å². The number of rotatable bonds is 8. The fourth-order valence-corrected chi connectivity index (χ4v) is 2.93. The van der Waals surface area contributed by atoms with Crippen LogP contribution in [0.4, 0.5) is 8.78 Å². The molecule has 0 amide bonds.